The summed E-state index contributed by atoms with van der Waals surface area (Å²) >= 11 is 0. The smallest absolute Gasteiger partial charge is 0.00484 e. The van der Waals surface area contributed by atoms with Gasteiger partial charge in [0.15, 0.2) is 0 Å². The predicted octanol–water partition coefficient (Wildman–Crippen LogP) is 3.55. The lowest BCUT2D eigenvalue weighted by atomic mass is 9.84. The van der Waals surface area contributed by atoms with E-state index in [1.54, 1.807) is 5.57 Å². The van der Waals surface area contributed by atoms with Crippen LogP contribution in [0.1, 0.15) is 33.6 Å². The van der Waals surface area contributed by atoms with E-state index in [2.05, 4.69) is 39.0 Å². The molecule has 62 valence electrons. The highest BCUT2D eigenvalue weighted by atomic mass is 14.2. The Morgan fingerprint density at radius 2 is 2.27 bits per heavy atom. The predicted molar refractivity (Wildman–Crippen MR) is 50.5 cm³/mol. The summed E-state index contributed by atoms with van der Waals surface area (Å²) < 4.78 is 0. The van der Waals surface area contributed by atoms with Crippen molar-refractivity contribution in [3.63, 3.8) is 0 Å². The van der Waals surface area contributed by atoms with Gasteiger partial charge in [0, 0.05) is 0 Å². The minimum atomic E-state index is 0.712. The van der Waals surface area contributed by atoms with Gasteiger partial charge in [-0.3, -0.25) is 0 Å². The van der Waals surface area contributed by atoms with Gasteiger partial charge in [-0.15, -0.1) is 0 Å². The molecule has 11 heavy (non-hydrogen) atoms. The minimum absolute atomic E-state index is 0.712. The van der Waals surface area contributed by atoms with E-state index in [1.165, 1.54) is 12.8 Å². The summed E-state index contributed by atoms with van der Waals surface area (Å²) in [4.78, 5) is 0. The second kappa shape index (κ2) is 3.75. The van der Waals surface area contributed by atoms with Crippen molar-refractivity contribution in [2.45, 2.75) is 33.6 Å². The molecule has 1 aliphatic rings. The normalized spacial score (nSPS) is 32.5. The van der Waals surface area contributed by atoms with Crippen LogP contribution in [-0.2, 0) is 0 Å². The van der Waals surface area contributed by atoms with Crippen molar-refractivity contribution in [1.82, 2.24) is 0 Å². The molecule has 0 aliphatic heterocycles. The van der Waals surface area contributed by atoms with Gasteiger partial charge < -0.3 is 0 Å². The highest BCUT2D eigenvalue weighted by Crippen LogP contribution is 2.28. The zero-order valence-corrected chi connectivity index (χ0v) is 7.80. The molecule has 0 aromatic carbocycles. The first kappa shape index (κ1) is 8.58. The maximum absolute atomic E-state index is 2.40. The third-order valence-electron chi connectivity index (χ3n) is 2.28. The standard InChI is InChI=1S/C11H18/c1-4-5-11-7-9(2)6-10(3)8-11/h4-5,7,10-11H,6,8H2,1-3H3. The molecular formula is C11H18. The zero-order chi connectivity index (χ0) is 8.27. The molecule has 1 aliphatic carbocycles. The molecule has 0 fully saturated rings. The first-order valence-corrected chi connectivity index (χ1v) is 4.52. The van der Waals surface area contributed by atoms with Crippen LogP contribution in [-0.4, -0.2) is 0 Å². The molecule has 2 unspecified atom stereocenters. The number of rotatable bonds is 1. The summed E-state index contributed by atoms with van der Waals surface area (Å²) in [5, 5.41) is 0. The minimum Gasteiger partial charge on any atom is -0.0911 e. The Labute approximate surface area is 70.0 Å². The number of hydrogen-bond acceptors (Lipinski definition) is 0. The molecule has 0 amide bonds. The lowest BCUT2D eigenvalue weighted by molar-refractivity contribution is 0.459. The fourth-order valence-corrected chi connectivity index (χ4v) is 1.98. The van der Waals surface area contributed by atoms with Crippen LogP contribution in [0.2, 0.25) is 0 Å². The third kappa shape index (κ3) is 2.53. The lowest BCUT2D eigenvalue weighted by Crippen LogP contribution is -2.08. The van der Waals surface area contributed by atoms with E-state index >= 15 is 0 Å². The van der Waals surface area contributed by atoms with Crippen LogP contribution in [0.15, 0.2) is 23.8 Å². The summed E-state index contributed by atoms with van der Waals surface area (Å²) in [5.41, 5.74) is 1.56. The van der Waals surface area contributed by atoms with Crippen LogP contribution in [0.5, 0.6) is 0 Å². The molecule has 0 saturated carbocycles. The maximum Gasteiger partial charge on any atom is -0.00484 e. The third-order valence-corrected chi connectivity index (χ3v) is 2.28. The fourth-order valence-electron chi connectivity index (χ4n) is 1.98. The molecule has 1 rings (SSSR count). The molecule has 0 N–H and O–H groups in total. The van der Waals surface area contributed by atoms with E-state index in [-0.39, 0.29) is 0 Å². The Hall–Kier alpha value is -0.520. The average molecular weight is 150 g/mol. The van der Waals surface area contributed by atoms with E-state index < -0.39 is 0 Å². The van der Waals surface area contributed by atoms with Crippen molar-refractivity contribution in [1.29, 1.82) is 0 Å². The van der Waals surface area contributed by atoms with Crippen LogP contribution in [0.3, 0.4) is 0 Å². The molecule has 0 aromatic rings. The largest absolute Gasteiger partial charge is 0.0911 e. The van der Waals surface area contributed by atoms with Crippen molar-refractivity contribution in [3.05, 3.63) is 23.8 Å². The molecular weight excluding hydrogens is 132 g/mol. The maximum atomic E-state index is 2.40. The Kier molecular flexibility index (Phi) is 2.92. The molecule has 0 bridgehead atoms. The number of allylic oxidation sites excluding steroid dienone is 4. The molecule has 0 aromatic heterocycles. The van der Waals surface area contributed by atoms with E-state index in [4.69, 9.17) is 0 Å². The number of hydrogen-bond donors (Lipinski definition) is 0. The Balaban J connectivity index is 2.61. The average Bonchev–Trinajstić information content (AvgIpc) is 1.85. The SMILES string of the molecule is CC=CC1C=C(C)CC(C)C1. The zero-order valence-electron chi connectivity index (χ0n) is 7.80. The summed E-state index contributed by atoms with van der Waals surface area (Å²) in [6.07, 6.45) is 9.50. The lowest BCUT2D eigenvalue weighted by Gasteiger charge is -2.22. The Morgan fingerprint density at radius 1 is 1.55 bits per heavy atom. The first-order chi connectivity index (χ1) is 5.22. The van der Waals surface area contributed by atoms with Crippen molar-refractivity contribution in [2.75, 3.05) is 0 Å². The molecule has 0 heteroatoms. The first-order valence-electron chi connectivity index (χ1n) is 4.52. The van der Waals surface area contributed by atoms with Crippen LogP contribution in [0, 0.1) is 11.8 Å². The van der Waals surface area contributed by atoms with Gasteiger partial charge in [-0.2, -0.15) is 0 Å². The molecule has 0 nitrogen and oxygen atoms in total. The van der Waals surface area contributed by atoms with Crippen molar-refractivity contribution >= 4 is 0 Å². The van der Waals surface area contributed by atoms with Crippen molar-refractivity contribution in [2.24, 2.45) is 11.8 Å². The van der Waals surface area contributed by atoms with E-state index in [0.717, 1.165) is 5.92 Å². The van der Waals surface area contributed by atoms with Crippen LogP contribution >= 0.6 is 0 Å². The molecule has 0 radical (unpaired) electrons. The van der Waals surface area contributed by atoms with Crippen LogP contribution in [0.4, 0.5) is 0 Å². The van der Waals surface area contributed by atoms with Gasteiger partial charge in [-0.25, -0.2) is 0 Å². The quantitative estimate of drug-likeness (QED) is 0.501. The highest BCUT2D eigenvalue weighted by molar-refractivity contribution is 5.11. The van der Waals surface area contributed by atoms with Gasteiger partial charge in [0.05, 0.1) is 0 Å². The highest BCUT2D eigenvalue weighted by Gasteiger charge is 2.14. The monoisotopic (exact) mass is 150 g/mol. The fraction of sp³-hybridized carbons (Fsp3) is 0.636. The van der Waals surface area contributed by atoms with Gasteiger partial charge in [-0.05, 0) is 38.5 Å². The summed E-state index contributed by atoms with van der Waals surface area (Å²) in [6, 6.07) is 0. The summed E-state index contributed by atoms with van der Waals surface area (Å²) in [5.74, 6) is 1.59. The van der Waals surface area contributed by atoms with Crippen molar-refractivity contribution in [3.8, 4) is 0 Å². The van der Waals surface area contributed by atoms with E-state index in [0.29, 0.717) is 5.92 Å². The molecule has 2 atom stereocenters. The topological polar surface area (TPSA) is 0 Å². The van der Waals surface area contributed by atoms with Gasteiger partial charge in [0.25, 0.3) is 0 Å². The van der Waals surface area contributed by atoms with Crippen LogP contribution < -0.4 is 0 Å². The Bertz CT molecular complexity index is 174. The van der Waals surface area contributed by atoms with Gasteiger partial charge in [0.2, 0.25) is 0 Å². The van der Waals surface area contributed by atoms with Crippen molar-refractivity contribution < 1.29 is 0 Å². The summed E-state index contributed by atoms with van der Waals surface area (Å²) in [6.45, 7) is 6.68. The van der Waals surface area contributed by atoms with Gasteiger partial charge in [0.1, 0.15) is 0 Å². The molecule has 0 saturated heterocycles. The van der Waals surface area contributed by atoms with E-state index in [1.807, 2.05) is 0 Å². The van der Waals surface area contributed by atoms with Crippen LogP contribution in [0.25, 0.3) is 0 Å². The van der Waals surface area contributed by atoms with Gasteiger partial charge in [-0.1, -0.05) is 30.7 Å². The van der Waals surface area contributed by atoms with Gasteiger partial charge >= 0.3 is 0 Å². The Morgan fingerprint density at radius 3 is 2.82 bits per heavy atom. The molecule has 0 heterocycles. The second-order valence-electron chi connectivity index (χ2n) is 3.75. The van der Waals surface area contributed by atoms with E-state index in [9.17, 15) is 0 Å². The molecule has 0 spiro atoms. The second-order valence-corrected chi connectivity index (χ2v) is 3.75. The summed E-state index contributed by atoms with van der Waals surface area (Å²) in [7, 11) is 0.